The average Bonchev–Trinajstić information content (AvgIpc) is 2.20. The zero-order chi connectivity index (χ0) is 9.97. The van der Waals surface area contributed by atoms with Crippen molar-refractivity contribution in [2.45, 2.75) is 13.3 Å². The van der Waals surface area contributed by atoms with Gasteiger partial charge in [0, 0.05) is 12.7 Å². The highest BCUT2D eigenvalue weighted by Gasteiger charge is 2.21. The third kappa shape index (κ3) is 1.69. The van der Waals surface area contributed by atoms with E-state index in [9.17, 15) is 4.79 Å². The number of hydrogen-bond donors (Lipinski definition) is 0. The number of hydrogen-bond acceptors (Lipinski definition) is 3. The molecule has 0 aromatic carbocycles. The van der Waals surface area contributed by atoms with Crippen LogP contribution in [0.5, 0.6) is 0 Å². The van der Waals surface area contributed by atoms with Crippen LogP contribution >= 0.6 is 0 Å². The van der Waals surface area contributed by atoms with Crippen LogP contribution in [0.25, 0.3) is 0 Å². The number of rotatable bonds is 1. The largest absolute Gasteiger partial charge is 0.449 e. The number of nitrogens with zero attached hydrogens (tertiary/aromatic N) is 2. The molecule has 1 saturated heterocycles. The lowest BCUT2D eigenvalue weighted by Gasteiger charge is -2.25. The molecule has 1 aromatic heterocycles. The molecule has 1 aliphatic rings. The van der Waals surface area contributed by atoms with Gasteiger partial charge in [-0.3, -0.25) is 4.90 Å². The number of carbonyl (C=O) groups excluding carboxylic acids is 1. The van der Waals surface area contributed by atoms with E-state index in [0.29, 0.717) is 19.0 Å². The Balaban J connectivity index is 2.20. The van der Waals surface area contributed by atoms with E-state index in [1.54, 1.807) is 11.1 Å². The Morgan fingerprint density at radius 1 is 1.50 bits per heavy atom. The molecule has 0 atom stereocenters. The monoisotopic (exact) mass is 192 g/mol. The van der Waals surface area contributed by atoms with Gasteiger partial charge in [0.25, 0.3) is 0 Å². The van der Waals surface area contributed by atoms with Crippen LogP contribution in [0, 0.1) is 6.92 Å². The lowest BCUT2D eigenvalue weighted by molar-refractivity contribution is 0.140. The number of cyclic esters (lactones) is 1. The molecule has 0 radical (unpaired) electrons. The van der Waals surface area contributed by atoms with E-state index in [1.165, 1.54) is 0 Å². The Labute approximate surface area is 82.5 Å². The van der Waals surface area contributed by atoms with Gasteiger partial charge in [0.2, 0.25) is 0 Å². The second-order valence-corrected chi connectivity index (χ2v) is 3.31. The molecule has 4 nitrogen and oxygen atoms in total. The van der Waals surface area contributed by atoms with E-state index in [1.807, 2.05) is 19.1 Å². The van der Waals surface area contributed by atoms with E-state index >= 15 is 0 Å². The highest BCUT2D eigenvalue weighted by Crippen LogP contribution is 2.15. The minimum Gasteiger partial charge on any atom is -0.449 e. The molecule has 14 heavy (non-hydrogen) atoms. The van der Waals surface area contributed by atoms with Gasteiger partial charge in [0.15, 0.2) is 0 Å². The predicted octanol–water partition coefficient (Wildman–Crippen LogP) is 1.74. The van der Waals surface area contributed by atoms with Crippen molar-refractivity contribution in [3.63, 3.8) is 0 Å². The van der Waals surface area contributed by atoms with Crippen molar-refractivity contribution < 1.29 is 9.53 Å². The Kier molecular flexibility index (Phi) is 2.35. The molecule has 1 amide bonds. The molecule has 1 fully saturated rings. The summed E-state index contributed by atoms with van der Waals surface area (Å²) in [5, 5.41) is 0. The second-order valence-electron chi connectivity index (χ2n) is 3.31. The summed E-state index contributed by atoms with van der Waals surface area (Å²) < 4.78 is 4.92. The molecule has 0 spiro atoms. The average molecular weight is 192 g/mol. The summed E-state index contributed by atoms with van der Waals surface area (Å²) in [6, 6.07) is 3.77. The second kappa shape index (κ2) is 3.65. The number of pyridine rings is 1. The van der Waals surface area contributed by atoms with E-state index in [2.05, 4.69) is 4.98 Å². The molecule has 4 heteroatoms. The third-order valence-corrected chi connectivity index (χ3v) is 2.14. The molecule has 2 rings (SSSR count). The van der Waals surface area contributed by atoms with Crippen LogP contribution in [-0.2, 0) is 4.74 Å². The number of amides is 1. The van der Waals surface area contributed by atoms with Gasteiger partial charge in [-0.1, -0.05) is 6.07 Å². The van der Waals surface area contributed by atoms with Crippen LogP contribution in [0.2, 0.25) is 0 Å². The maximum absolute atomic E-state index is 11.3. The number of aryl methyl sites for hydroxylation is 1. The number of carbonyl (C=O) groups is 1. The number of aromatic nitrogens is 1. The van der Waals surface area contributed by atoms with Crippen molar-refractivity contribution in [2.75, 3.05) is 18.1 Å². The Bertz CT molecular complexity index is 334. The van der Waals surface area contributed by atoms with Crippen molar-refractivity contribution in [3.8, 4) is 0 Å². The van der Waals surface area contributed by atoms with Gasteiger partial charge in [-0.05, 0) is 25.0 Å². The minimum atomic E-state index is -0.299. The first-order valence-corrected chi connectivity index (χ1v) is 4.64. The summed E-state index contributed by atoms with van der Waals surface area (Å²) in [6.07, 6.45) is 2.31. The summed E-state index contributed by atoms with van der Waals surface area (Å²) in [5.74, 6) is 0.667. The van der Waals surface area contributed by atoms with Crippen molar-refractivity contribution in [3.05, 3.63) is 23.9 Å². The normalized spacial score (nSPS) is 16.6. The van der Waals surface area contributed by atoms with E-state index in [-0.39, 0.29) is 6.09 Å². The lowest BCUT2D eigenvalue weighted by Crippen LogP contribution is -2.38. The maximum atomic E-state index is 11.3. The van der Waals surface area contributed by atoms with Gasteiger partial charge in [-0.15, -0.1) is 0 Å². The Hall–Kier alpha value is -1.58. The first kappa shape index (κ1) is 8.99. The summed E-state index contributed by atoms with van der Waals surface area (Å²) in [5.41, 5.74) is 1.08. The quantitative estimate of drug-likeness (QED) is 0.680. The fourth-order valence-corrected chi connectivity index (χ4v) is 1.38. The first-order chi connectivity index (χ1) is 6.77. The number of ether oxygens (including phenoxy) is 1. The highest BCUT2D eigenvalue weighted by atomic mass is 16.6. The topological polar surface area (TPSA) is 42.4 Å². The molecular formula is C10H12N2O2. The third-order valence-electron chi connectivity index (χ3n) is 2.14. The van der Waals surface area contributed by atoms with Crippen LogP contribution in [-0.4, -0.2) is 24.2 Å². The fourth-order valence-electron chi connectivity index (χ4n) is 1.38. The van der Waals surface area contributed by atoms with Crippen LogP contribution < -0.4 is 4.90 Å². The van der Waals surface area contributed by atoms with Crippen LogP contribution in [0.15, 0.2) is 18.3 Å². The van der Waals surface area contributed by atoms with Crippen molar-refractivity contribution in [1.29, 1.82) is 0 Å². The number of anilines is 1. The zero-order valence-corrected chi connectivity index (χ0v) is 8.06. The predicted molar refractivity (Wildman–Crippen MR) is 52.3 cm³/mol. The SMILES string of the molecule is Cc1ccc(N2CCCOC2=O)nc1. The summed E-state index contributed by atoms with van der Waals surface area (Å²) in [7, 11) is 0. The van der Waals surface area contributed by atoms with Crippen LogP contribution in [0.4, 0.5) is 10.6 Å². The maximum Gasteiger partial charge on any atom is 0.415 e. The minimum absolute atomic E-state index is 0.299. The lowest BCUT2D eigenvalue weighted by atomic mass is 10.3. The summed E-state index contributed by atoms with van der Waals surface area (Å²) >= 11 is 0. The summed E-state index contributed by atoms with van der Waals surface area (Å²) in [4.78, 5) is 17.1. The molecule has 0 N–H and O–H groups in total. The van der Waals surface area contributed by atoms with Gasteiger partial charge in [-0.25, -0.2) is 9.78 Å². The standard InChI is InChI=1S/C10H12N2O2/c1-8-3-4-9(11-7-8)12-5-2-6-14-10(12)13/h3-4,7H,2,5-6H2,1H3. The Morgan fingerprint density at radius 3 is 3.00 bits per heavy atom. The molecule has 1 aliphatic heterocycles. The van der Waals surface area contributed by atoms with Gasteiger partial charge in [0.05, 0.1) is 6.61 Å². The van der Waals surface area contributed by atoms with Gasteiger partial charge < -0.3 is 4.74 Å². The molecule has 0 aliphatic carbocycles. The van der Waals surface area contributed by atoms with Crippen molar-refractivity contribution >= 4 is 11.9 Å². The van der Waals surface area contributed by atoms with Gasteiger partial charge in [0.1, 0.15) is 5.82 Å². The molecule has 74 valence electrons. The Morgan fingerprint density at radius 2 is 2.36 bits per heavy atom. The van der Waals surface area contributed by atoms with E-state index < -0.39 is 0 Å². The molecule has 2 heterocycles. The molecule has 1 aromatic rings. The van der Waals surface area contributed by atoms with Crippen molar-refractivity contribution in [1.82, 2.24) is 4.98 Å². The van der Waals surface area contributed by atoms with Gasteiger partial charge >= 0.3 is 6.09 Å². The zero-order valence-electron chi connectivity index (χ0n) is 8.06. The van der Waals surface area contributed by atoms with Crippen LogP contribution in [0.1, 0.15) is 12.0 Å². The van der Waals surface area contributed by atoms with E-state index in [0.717, 1.165) is 12.0 Å². The van der Waals surface area contributed by atoms with Crippen molar-refractivity contribution in [2.24, 2.45) is 0 Å². The van der Waals surface area contributed by atoms with Crippen LogP contribution in [0.3, 0.4) is 0 Å². The molecule has 0 unspecified atom stereocenters. The molecular weight excluding hydrogens is 180 g/mol. The summed E-state index contributed by atoms with van der Waals surface area (Å²) in [6.45, 7) is 3.17. The first-order valence-electron chi connectivity index (χ1n) is 4.64. The van der Waals surface area contributed by atoms with Gasteiger partial charge in [-0.2, -0.15) is 0 Å². The fraction of sp³-hybridized carbons (Fsp3) is 0.400. The molecule has 0 saturated carbocycles. The highest BCUT2D eigenvalue weighted by molar-refractivity contribution is 5.86. The smallest absolute Gasteiger partial charge is 0.415 e. The van der Waals surface area contributed by atoms with E-state index in [4.69, 9.17) is 4.74 Å². The molecule has 0 bridgehead atoms.